The lowest BCUT2D eigenvalue weighted by Crippen LogP contribution is -2.25. The van der Waals surface area contributed by atoms with Crippen LogP contribution in [0.2, 0.25) is 0 Å². The van der Waals surface area contributed by atoms with Gasteiger partial charge in [0.05, 0.1) is 0 Å². The Bertz CT molecular complexity index is 1750. The number of hydrogen-bond acceptors (Lipinski definition) is 3. The molecular weight excluding hydrogens is 585 g/mol. The minimum absolute atomic E-state index is 0.0816. The van der Waals surface area contributed by atoms with Crippen LogP contribution in [0.15, 0.2) is 89.3 Å². The van der Waals surface area contributed by atoms with Crippen LogP contribution in [0.3, 0.4) is 0 Å². The van der Waals surface area contributed by atoms with Crippen molar-refractivity contribution in [2.24, 2.45) is 0 Å². The second-order valence-corrected chi connectivity index (χ2v) is 14.3. The summed E-state index contributed by atoms with van der Waals surface area (Å²) in [5.74, 6) is 1.10. The van der Waals surface area contributed by atoms with Crippen LogP contribution in [-0.4, -0.2) is 10.2 Å². The first-order valence-corrected chi connectivity index (χ1v) is 18.8. The van der Waals surface area contributed by atoms with E-state index in [0.29, 0.717) is 11.8 Å². The summed E-state index contributed by atoms with van der Waals surface area (Å²) in [5, 5.41) is 8.70. The van der Waals surface area contributed by atoms with Crippen molar-refractivity contribution in [3.05, 3.63) is 107 Å². The maximum absolute atomic E-state index is 6.09. The third-order valence-corrected chi connectivity index (χ3v) is 10.6. The number of nitrogens with zero attached hydrogens (tertiary/aromatic N) is 2. The molecule has 0 radical (unpaired) electrons. The molecule has 3 nitrogen and oxygen atoms in total. The Kier molecular flexibility index (Phi) is 11.3. The molecule has 4 aromatic carbocycles. The lowest BCUT2D eigenvalue weighted by atomic mass is 9.70. The maximum Gasteiger partial charge on any atom is 0.248 e. The van der Waals surface area contributed by atoms with Crippen LogP contribution in [-0.2, 0) is 5.41 Å². The van der Waals surface area contributed by atoms with Crippen molar-refractivity contribution in [2.45, 2.75) is 123 Å². The molecule has 0 fully saturated rings. The highest BCUT2D eigenvalue weighted by Gasteiger charge is 2.42. The van der Waals surface area contributed by atoms with Crippen LogP contribution in [0.25, 0.3) is 45.2 Å². The van der Waals surface area contributed by atoms with Crippen LogP contribution >= 0.6 is 0 Å². The average molecular weight is 639 g/mol. The van der Waals surface area contributed by atoms with Gasteiger partial charge in [0, 0.05) is 16.5 Å². The van der Waals surface area contributed by atoms with E-state index in [0.717, 1.165) is 11.1 Å². The van der Waals surface area contributed by atoms with Gasteiger partial charge in [-0.25, -0.2) is 0 Å². The number of aromatic nitrogens is 2. The Morgan fingerprint density at radius 1 is 0.458 bits per heavy atom. The van der Waals surface area contributed by atoms with Crippen molar-refractivity contribution in [1.82, 2.24) is 10.2 Å². The molecular formula is C45H54N2O. The van der Waals surface area contributed by atoms with Crippen molar-refractivity contribution in [3.8, 4) is 45.2 Å². The van der Waals surface area contributed by atoms with Crippen molar-refractivity contribution in [1.29, 1.82) is 0 Å². The molecule has 0 saturated carbocycles. The first-order chi connectivity index (χ1) is 23.5. The third-order valence-electron chi connectivity index (χ3n) is 10.6. The summed E-state index contributed by atoms with van der Waals surface area (Å²) in [6, 6.07) is 31.4. The topological polar surface area (TPSA) is 38.9 Å². The van der Waals surface area contributed by atoms with E-state index in [9.17, 15) is 0 Å². The number of benzene rings is 4. The van der Waals surface area contributed by atoms with Gasteiger partial charge < -0.3 is 4.42 Å². The Balaban J connectivity index is 1.29. The summed E-state index contributed by atoms with van der Waals surface area (Å²) in [6.45, 7) is 8.96. The average Bonchev–Trinajstić information content (AvgIpc) is 3.70. The standard InChI is InChI=1S/C45H54N2O/c1-5-7-9-11-13-15-29-45(30-16-14-12-10-8-6-2)41-31-34(4)19-27-39(41)40-28-26-38(32-42(40)45)35-22-24-37(25-23-35)44-47-46-43(48-44)36-20-17-33(3)18-21-36/h17-28,31-32H,5-16,29-30H2,1-4H3. The number of fused-ring (bicyclic) bond motifs is 3. The zero-order chi connectivity index (χ0) is 33.3. The minimum Gasteiger partial charge on any atom is -0.416 e. The number of unbranched alkanes of at least 4 members (excludes halogenated alkanes) is 10. The summed E-state index contributed by atoms with van der Waals surface area (Å²) in [4.78, 5) is 0. The molecule has 1 aliphatic carbocycles. The molecule has 0 spiro atoms. The van der Waals surface area contributed by atoms with Gasteiger partial charge in [-0.15, -0.1) is 10.2 Å². The second-order valence-electron chi connectivity index (χ2n) is 14.3. The lowest BCUT2D eigenvalue weighted by Gasteiger charge is -2.33. The lowest BCUT2D eigenvalue weighted by molar-refractivity contribution is 0.398. The minimum atomic E-state index is 0.0816. The molecule has 1 aromatic heterocycles. The quantitative estimate of drug-likeness (QED) is 0.0951. The SMILES string of the molecule is CCCCCCCCC1(CCCCCCCC)c2cc(C)ccc2-c2ccc(-c3ccc(-c4nnc(-c5ccc(C)cc5)o4)cc3)cc21. The smallest absolute Gasteiger partial charge is 0.248 e. The summed E-state index contributed by atoms with van der Waals surface area (Å²) < 4.78 is 6.09. The van der Waals surface area contributed by atoms with Crippen molar-refractivity contribution in [2.75, 3.05) is 0 Å². The number of aryl methyl sites for hydroxylation is 2. The molecule has 3 heteroatoms. The van der Waals surface area contributed by atoms with E-state index >= 15 is 0 Å². The van der Waals surface area contributed by atoms with Gasteiger partial charge in [0.25, 0.3) is 0 Å². The van der Waals surface area contributed by atoms with Crippen LogP contribution in [0.4, 0.5) is 0 Å². The molecule has 0 aliphatic heterocycles. The summed E-state index contributed by atoms with van der Waals surface area (Å²) >= 11 is 0. The first kappa shape index (κ1) is 33.9. The third kappa shape index (κ3) is 7.51. The Labute approximate surface area is 289 Å². The number of hydrogen-bond donors (Lipinski definition) is 0. The molecule has 1 aliphatic rings. The molecule has 0 saturated heterocycles. The molecule has 5 aromatic rings. The van der Waals surface area contributed by atoms with E-state index in [1.54, 1.807) is 11.1 Å². The monoisotopic (exact) mass is 638 g/mol. The summed E-state index contributed by atoms with van der Waals surface area (Å²) in [5.41, 5.74) is 13.1. The van der Waals surface area contributed by atoms with Crippen molar-refractivity contribution in [3.63, 3.8) is 0 Å². The predicted octanol–water partition coefficient (Wildman–Crippen LogP) is 13.5. The van der Waals surface area contributed by atoms with Gasteiger partial charge in [-0.3, -0.25) is 0 Å². The van der Waals surface area contributed by atoms with E-state index in [-0.39, 0.29) is 5.41 Å². The molecule has 250 valence electrons. The molecule has 0 atom stereocenters. The fourth-order valence-electron chi connectivity index (χ4n) is 7.82. The van der Waals surface area contributed by atoms with Crippen LogP contribution in [0, 0.1) is 13.8 Å². The first-order valence-electron chi connectivity index (χ1n) is 18.8. The highest BCUT2D eigenvalue weighted by Crippen LogP contribution is 2.55. The zero-order valence-electron chi connectivity index (χ0n) is 29.8. The van der Waals surface area contributed by atoms with E-state index in [1.807, 2.05) is 12.1 Å². The molecule has 1 heterocycles. The second kappa shape index (κ2) is 15.9. The highest BCUT2D eigenvalue weighted by atomic mass is 16.4. The van der Waals surface area contributed by atoms with Gasteiger partial charge in [-0.1, -0.05) is 157 Å². The van der Waals surface area contributed by atoms with Gasteiger partial charge in [0.1, 0.15) is 0 Å². The molecule has 0 bridgehead atoms. The van der Waals surface area contributed by atoms with Crippen LogP contribution < -0.4 is 0 Å². The number of rotatable bonds is 17. The summed E-state index contributed by atoms with van der Waals surface area (Å²) in [6.07, 6.45) is 18.5. The predicted molar refractivity (Wildman–Crippen MR) is 202 cm³/mol. The van der Waals surface area contributed by atoms with Gasteiger partial charge in [0.15, 0.2) is 0 Å². The molecule has 0 N–H and O–H groups in total. The Morgan fingerprint density at radius 3 is 1.48 bits per heavy atom. The van der Waals surface area contributed by atoms with Crippen molar-refractivity contribution < 1.29 is 4.42 Å². The fraction of sp³-hybridized carbons (Fsp3) is 0.422. The summed E-state index contributed by atoms with van der Waals surface area (Å²) in [7, 11) is 0. The van der Waals surface area contributed by atoms with Crippen LogP contribution in [0.1, 0.15) is 126 Å². The van der Waals surface area contributed by atoms with E-state index in [2.05, 4.69) is 111 Å². The Hall–Kier alpha value is -3.98. The van der Waals surface area contributed by atoms with E-state index in [1.165, 1.54) is 123 Å². The van der Waals surface area contributed by atoms with Crippen molar-refractivity contribution >= 4 is 0 Å². The largest absolute Gasteiger partial charge is 0.416 e. The van der Waals surface area contributed by atoms with Gasteiger partial charge >= 0.3 is 0 Å². The molecule has 6 rings (SSSR count). The molecule has 0 unspecified atom stereocenters. The van der Waals surface area contributed by atoms with E-state index < -0.39 is 0 Å². The van der Waals surface area contributed by atoms with E-state index in [4.69, 9.17) is 4.42 Å². The van der Waals surface area contributed by atoms with Gasteiger partial charge in [0.2, 0.25) is 11.8 Å². The van der Waals surface area contributed by atoms with Gasteiger partial charge in [-0.2, -0.15) is 0 Å². The van der Waals surface area contributed by atoms with Crippen LogP contribution in [0.5, 0.6) is 0 Å². The Morgan fingerprint density at radius 2 is 0.896 bits per heavy atom. The fourth-order valence-corrected chi connectivity index (χ4v) is 7.82. The highest BCUT2D eigenvalue weighted by molar-refractivity contribution is 5.84. The van der Waals surface area contributed by atoms with Gasteiger partial charge in [-0.05, 0) is 90.4 Å². The normalized spacial score (nSPS) is 13.1. The molecule has 48 heavy (non-hydrogen) atoms. The maximum atomic E-state index is 6.09. The molecule has 0 amide bonds. The zero-order valence-corrected chi connectivity index (χ0v) is 29.8.